The largest absolute Gasteiger partial charge is 0.468 e. The molecule has 0 aliphatic carbocycles. The Morgan fingerprint density at radius 2 is 2.08 bits per heavy atom. The number of hydrogen-bond donors (Lipinski definition) is 0. The van der Waals surface area contributed by atoms with Crippen molar-refractivity contribution in [2.45, 2.75) is 19.4 Å². The van der Waals surface area contributed by atoms with E-state index < -0.39 is 0 Å². The van der Waals surface area contributed by atoms with Crippen LogP contribution in [0, 0.1) is 0 Å². The summed E-state index contributed by atoms with van der Waals surface area (Å²) >= 11 is 0. The van der Waals surface area contributed by atoms with Gasteiger partial charge < -0.3 is 9.15 Å². The molecule has 0 amide bonds. The average Bonchev–Trinajstić information content (AvgIpc) is 3.03. The van der Waals surface area contributed by atoms with Crippen molar-refractivity contribution in [1.82, 2.24) is 19.9 Å². The third kappa shape index (κ3) is 3.28. The number of hydrogen-bond acceptors (Lipinski definition) is 6. The highest BCUT2D eigenvalue weighted by atomic mass is 16.5. The summed E-state index contributed by atoms with van der Waals surface area (Å²) in [6.45, 7) is 2.68. The molecule has 0 atom stereocenters. The molecule has 0 N–H and O–H groups in total. The summed E-state index contributed by atoms with van der Waals surface area (Å²) in [6, 6.07) is 7.66. The van der Waals surface area contributed by atoms with Gasteiger partial charge >= 0.3 is 0 Å². The van der Waals surface area contributed by atoms with E-state index in [9.17, 15) is 0 Å². The lowest BCUT2D eigenvalue weighted by Crippen LogP contribution is -2.25. The number of aromatic nitrogens is 3. The minimum Gasteiger partial charge on any atom is -0.468 e. The smallest absolute Gasteiger partial charge is 0.225 e. The third-order valence-electron chi connectivity index (χ3n) is 4.15. The molecular formula is C18H18N4O2. The van der Waals surface area contributed by atoms with Gasteiger partial charge in [-0.1, -0.05) is 0 Å². The molecule has 122 valence electrons. The lowest BCUT2D eigenvalue weighted by atomic mass is 10.1. The number of rotatable bonds is 4. The predicted molar refractivity (Wildman–Crippen MR) is 87.7 cm³/mol. The van der Waals surface area contributed by atoms with Crippen LogP contribution in [0.4, 0.5) is 0 Å². The summed E-state index contributed by atoms with van der Waals surface area (Å²) in [5, 5.41) is 0. The van der Waals surface area contributed by atoms with Crippen LogP contribution < -0.4 is 4.74 Å². The molecule has 0 fully saturated rings. The lowest BCUT2D eigenvalue weighted by Gasteiger charge is -2.17. The third-order valence-corrected chi connectivity index (χ3v) is 4.15. The van der Waals surface area contributed by atoms with Crippen molar-refractivity contribution in [2.75, 3.05) is 13.1 Å². The quantitative estimate of drug-likeness (QED) is 0.736. The number of ether oxygens (including phenoxy) is 1. The summed E-state index contributed by atoms with van der Waals surface area (Å²) in [7, 11) is 0. The Labute approximate surface area is 140 Å². The molecule has 24 heavy (non-hydrogen) atoms. The first-order valence-corrected chi connectivity index (χ1v) is 8.04. The molecule has 6 heteroatoms. The molecule has 6 nitrogen and oxygen atoms in total. The Morgan fingerprint density at radius 1 is 1.12 bits per heavy atom. The van der Waals surface area contributed by atoms with Gasteiger partial charge in [-0.25, -0.2) is 9.97 Å². The Kier molecular flexibility index (Phi) is 4.20. The fraction of sp³-hybridized carbons (Fsp3) is 0.278. The Morgan fingerprint density at radius 3 is 2.92 bits per heavy atom. The molecule has 0 spiro atoms. The van der Waals surface area contributed by atoms with E-state index in [1.807, 2.05) is 24.3 Å². The van der Waals surface area contributed by atoms with Crippen molar-refractivity contribution in [2.24, 2.45) is 0 Å². The monoisotopic (exact) mass is 322 g/mol. The van der Waals surface area contributed by atoms with E-state index in [2.05, 4.69) is 19.9 Å². The molecule has 4 heterocycles. The van der Waals surface area contributed by atoms with Gasteiger partial charge in [0.15, 0.2) is 0 Å². The first kappa shape index (κ1) is 14.8. The minimum atomic E-state index is 0.632. The zero-order valence-electron chi connectivity index (χ0n) is 13.3. The highest BCUT2D eigenvalue weighted by molar-refractivity contribution is 5.34. The van der Waals surface area contributed by atoms with Crippen molar-refractivity contribution >= 4 is 0 Å². The average molecular weight is 322 g/mol. The van der Waals surface area contributed by atoms with Crippen molar-refractivity contribution in [3.05, 3.63) is 66.3 Å². The van der Waals surface area contributed by atoms with Crippen molar-refractivity contribution in [1.29, 1.82) is 0 Å². The van der Waals surface area contributed by atoms with Gasteiger partial charge in [-0.2, -0.15) is 0 Å². The van der Waals surface area contributed by atoms with Crippen LogP contribution in [0.1, 0.15) is 17.0 Å². The van der Waals surface area contributed by atoms with Gasteiger partial charge in [0, 0.05) is 31.3 Å². The molecular weight excluding hydrogens is 304 g/mol. The summed E-state index contributed by atoms with van der Waals surface area (Å²) < 4.78 is 11.4. The number of furan rings is 1. The molecule has 3 aromatic heterocycles. The Hall–Kier alpha value is -2.73. The predicted octanol–water partition coefficient (Wildman–Crippen LogP) is 2.86. The van der Waals surface area contributed by atoms with Crippen LogP contribution >= 0.6 is 0 Å². The van der Waals surface area contributed by atoms with E-state index in [0.29, 0.717) is 11.6 Å². The van der Waals surface area contributed by atoms with Crippen LogP contribution in [-0.2, 0) is 19.4 Å². The van der Waals surface area contributed by atoms with E-state index >= 15 is 0 Å². The Bertz CT molecular complexity index is 790. The second-order valence-corrected chi connectivity index (χ2v) is 5.75. The fourth-order valence-electron chi connectivity index (χ4n) is 2.93. The maximum atomic E-state index is 5.92. The molecule has 0 bridgehead atoms. The van der Waals surface area contributed by atoms with Gasteiger partial charge in [-0.05, 0) is 30.7 Å². The minimum absolute atomic E-state index is 0.632. The zero-order chi connectivity index (χ0) is 16.2. The van der Waals surface area contributed by atoms with E-state index in [0.717, 1.165) is 49.5 Å². The molecule has 0 unspecified atom stereocenters. The molecule has 0 saturated heterocycles. The highest BCUT2D eigenvalue weighted by Crippen LogP contribution is 2.26. The van der Waals surface area contributed by atoms with Crippen molar-refractivity contribution < 1.29 is 9.15 Å². The van der Waals surface area contributed by atoms with Crippen molar-refractivity contribution in [3.63, 3.8) is 0 Å². The molecule has 4 rings (SSSR count). The molecule has 0 aromatic carbocycles. The standard InChI is InChI=1S/C18H18N4O2/c1-3-14(11-19-7-1)24-18-16-5-8-22(12-15-4-2-10-23-15)9-6-17(16)20-13-21-18/h1-4,7,10-11,13H,5-6,8-9,12H2. The summed E-state index contributed by atoms with van der Waals surface area (Å²) in [6.07, 6.45) is 8.43. The topological polar surface area (TPSA) is 64.3 Å². The van der Waals surface area contributed by atoms with Gasteiger partial charge in [-0.3, -0.25) is 9.88 Å². The highest BCUT2D eigenvalue weighted by Gasteiger charge is 2.20. The maximum absolute atomic E-state index is 5.92. The SMILES string of the molecule is c1cncc(Oc2ncnc3c2CCN(Cc2ccco2)CC3)c1. The van der Waals surface area contributed by atoms with E-state index in [1.54, 1.807) is 25.0 Å². The van der Waals surface area contributed by atoms with Gasteiger partial charge in [0.2, 0.25) is 5.88 Å². The summed E-state index contributed by atoms with van der Waals surface area (Å²) in [5.74, 6) is 2.31. The van der Waals surface area contributed by atoms with E-state index in [-0.39, 0.29) is 0 Å². The van der Waals surface area contributed by atoms with Gasteiger partial charge in [0.05, 0.1) is 24.7 Å². The van der Waals surface area contributed by atoms with Crippen LogP contribution in [-0.4, -0.2) is 32.9 Å². The second kappa shape index (κ2) is 6.80. The normalized spacial score (nSPS) is 14.8. The number of pyridine rings is 1. The van der Waals surface area contributed by atoms with Crippen LogP contribution in [0.25, 0.3) is 0 Å². The fourth-order valence-corrected chi connectivity index (χ4v) is 2.93. The maximum Gasteiger partial charge on any atom is 0.225 e. The zero-order valence-corrected chi connectivity index (χ0v) is 13.3. The summed E-state index contributed by atoms with van der Waals surface area (Å²) in [5.41, 5.74) is 2.15. The van der Waals surface area contributed by atoms with Gasteiger partial charge in [0.1, 0.15) is 17.8 Å². The number of fused-ring (bicyclic) bond motifs is 1. The first-order valence-electron chi connectivity index (χ1n) is 8.04. The van der Waals surface area contributed by atoms with Crippen LogP contribution in [0.2, 0.25) is 0 Å². The second-order valence-electron chi connectivity index (χ2n) is 5.75. The summed E-state index contributed by atoms with van der Waals surface area (Å²) in [4.78, 5) is 15.2. The molecule has 3 aromatic rings. The first-order chi connectivity index (χ1) is 11.9. The molecule has 0 saturated carbocycles. The van der Waals surface area contributed by atoms with Crippen molar-refractivity contribution in [3.8, 4) is 11.6 Å². The van der Waals surface area contributed by atoms with E-state index in [4.69, 9.17) is 9.15 Å². The molecule has 0 radical (unpaired) electrons. The van der Waals surface area contributed by atoms with Crippen LogP contribution in [0.5, 0.6) is 11.6 Å². The van der Waals surface area contributed by atoms with E-state index in [1.165, 1.54) is 0 Å². The lowest BCUT2D eigenvalue weighted by molar-refractivity contribution is 0.254. The molecule has 1 aliphatic rings. The van der Waals surface area contributed by atoms with Gasteiger partial charge in [-0.15, -0.1) is 0 Å². The van der Waals surface area contributed by atoms with Crippen LogP contribution in [0.3, 0.4) is 0 Å². The molecule has 1 aliphatic heterocycles. The van der Waals surface area contributed by atoms with Gasteiger partial charge in [0.25, 0.3) is 0 Å². The van der Waals surface area contributed by atoms with Crippen LogP contribution in [0.15, 0.2) is 53.7 Å². The number of nitrogens with zero attached hydrogens (tertiary/aromatic N) is 4. The Balaban J connectivity index is 1.52.